The molecule has 0 aliphatic heterocycles. The average molecular weight is 290 g/mol. The number of alkyl halides is 3. The number of amides is 1. The Labute approximate surface area is 113 Å². The highest BCUT2D eigenvalue weighted by atomic mass is 19.4. The molecule has 8 heteroatoms. The van der Waals surface area contributed by atoms with Crippen LogP contribution in [0.1, 0.15) is 15.9 Å². The number of anilines is 1. The number of carbonyl (C=O) groups excluding carboxylic acids is 1. The van der Waals surface area contributed by atoms with Gasteiger partial charge in [0.1, 0.15) is 0 Å². The number of hydrogen-bond acceptors (Lipinski definition) is 3. The first-order chi connectivity index (χ1) is 9.11. The first-order valence-electron chi connectivity index (χ1n) is 5.50. The van der Waals surface area contributed by atoms with Gasteiger partial charge in [0, 0.05) is 0 Å². The topological polar surface area (TPSA) is 69.6 Å². The second kappa shape index (κ2) is 5.91. The van der Waals surface area contributed by atoms with Gasteiger partial charge in [0.2, 0.25) is 5.91 Å². The summed E-state index contributed by atoms with van der Waals surface area (Å²) in [6, 6.07) is 2.08. The highest BCUT2D eigenvalue weighted by molar-refractivity contribution is 6.01. The van der Waals surface area contributed by atoms with Crippen molar-refractivity contribution in [2.75, 3.05) is 26.0 Å². The summed E-state index contributed by atoms with van der Waals surface area (Å²) in [5, 5.41) is 11.1. The lowest BCUT2D eigenvalue weighted by molar-refractivity contribution is -0.137. The van der Waals surface area contributed by atoms with Gasteiger partial charge in [-0.25, -0.2) is 4.79 Å². The molecule has 110 valence electrons. The standard InChI is InChI=1S/C12H13F3N2O3/c1-17(2)6-10(18)16-9-5-7(12(13,14)15)3-4-8(9)11(19)20/h3-5H,6H2,1-2H3,(H,16,18)(H,19,20). The Kier molecular flexibility index (Phi) is 4.72. The summed E-state index contributed by atoms with van der Waals surface area (Å²) in [5.74, 6) is -2.02. The number of carbonyl (C=O) groups is 2. The molecule has 2 N–H and O–H groups in total. The fourth-order valence-corrected chi connectivity index (χ4v) is 1.49. The third-order valence-corrected chi connectivity index (χ3v) is 2.31. The van der Waals surface area contributed by atoms with Crippen molar-refractivity contribution in [3.05, 3.63) is 29.3 Å². The molecule has 0 aromatic heterocycles. The molecule has 1 rings (SSSR count). The number of carboxylic acids is 1. The monoisotopic (exact) mass is 290 g/mol. The molecule has 0 unspecified atom stereocenters. The minimum absolute atomic E-state index is 0.0741. The number of halogens is 3. The van der Waals surface area contributed by atoms with Gasteiger partial charge in [-0.2, -0.15) is 13.2 Å². The van der Waals surface area contributed by atoms with Crippen LogP contribution in [0.4, 0.5) is 18.9 Å². The maximum atomic E-state index is 12.6. The van der Waals surface area contributed by atoms with Crippen LogP contribution in [0.3, 0.4) is 0 Å². The molecule has 0 aliphatic carbocycles. The van der Waals surface area contributed by atoms with E-state index in [2.05, 4.69) is 5.32 Å². The lowest BCUT2D eigenvalue weighted by Crippen LogP contribution is -2.28. The molecule has 0 heterocycles. The summed E-state index contributed by atoms with van der Waals surface area (Å²) in [6.45, 7) is -0.0741. The first kappa shape index (κ1) is 16.0. The molecule has 0 spiro atoms. The SMILES string of the molecule is CN(C)CC(=O)Nc1cc(C(F)(F)F)ccc1C(=O)O. The molecule has 20 heavy (non-hydrogen) atoms. The van der Waals surface area contributed by atoms with E-state index >= 15 is 0 Å². The third kappa shape index (κ3) is 4.23. The molecule has 1 amide bonds. The van der Waals surface area contributed by atoms with Gasteiger partial charge in [0.15, 0.2) is 0 Å². The predicted molar refractivity (Wildman–Crippen MR) is 65.6 cm³/mol. The van der Waals surface area contributed by atoms with E-state index in [1.54, 1.807) is 14.1 Å². The van der Waals surface area contributed by atoms with Crippen molar-refractivity contribution >= 4 is 17.6 Å². The van der Waals surface area contributed by atoms with E-state index < -0.39 is 29.2 Å². The van der Waals surface area contributed by atoms with E-state index in [-0.39, 0.29) is 12.2 Å². The van der Waals surface area contributed by atoms with E-state index in [4.69, 9.17) is 5.11 Å². The Morgan fingerprint density at radius 1 is 1.30 bits per heavy atom. The van der Waals surface area contributed by atoms with Gasteiger partial charge in [-0.1, -0.05) is 0 Å². The van der Waals surface area contributed by atoms with Gasteiger partial charge in [0.05, 0.1) is 23.4 Å². The Balaban J connectivity index is 3.13. The lowest BCUT2D eigenvalue weighted by Gasteiger charge is -2.14. The number of carboxylic acid groups (broad SMARTS) is 1. The summed E-state index contributed by atoms with van der Waals surface area (Å²) in [4.78, 5) is 24.0. The number of likely N-dealkylation sites (N-methyl/N-ethyl adjacent to an activating group) is 1. The van der Waals surface area contributed by atoms with Gasteiger partial charge in [-0.05, 0) is 32.3 Å². The molecule has 0 radical (unpaired) electrons. The largest absolute Gasteiger partial charge is 0.478 e. The van der Waals surface area contributed by atoms with Crippen LogP contribution < -0.4 is 5.32 Å². The van der Waals surface area contributed by atoms with Crippen molar-refractivity contribution in [1.82, 2.24) is 4.90 Å². The second-order valence-corrected chi connectivity index (χ2v) is 4.35. The zero-order chi connectivity index (χ0) is 15.5. The smallest absolute Gasteiger partial charge is 0.416 e. The predicted octanol–water partition coefficient (Wildman–Crippen LogP) is 1.90. The zero-order valence-corrected chi connectivity index (χ0v) is 10.8. The maximum Gasteiger partial charge on any atom is 0.416 e. The van der Waals surface area contributed by atoms with E-state index in [1.807, 2.05) is 0 Å². The number of aromatic carboxylic acids is 1. The van der Waals surface area contributed by atoms with E-state index in [0.717, 1.165) is 6.07 Å². The molecule has 0 aliphatic rings. The van der Waals surface area contributed by atoms with Crippen molar-refractivity contribution in [3.63, 3.8) is 0 Å². The highest BCUT2D eigenvalue weighted by Crippen LogP contribution is 2.32. The zero-order valence-electron chi connectivity index (χ0n) is 10.8. The van der Waals surface area contributed by atoms with Crippen LogP contribution in [0.5, 0.6) is 0 Å². The maximum absolute atomic E-state index is 12.6. The fourth-order valence-electron chi connectivity index (χ4n) is 1.49. The first-order valence-corrected chi connectivity index (χ1v) is 5.50. The number of benzene rings is 1. The van der Waals surface area contributed by atoms with Gasteiger partial charge in [0.25, 0.3) is 0 Å². The minimum atomic E-state index is -4.61. The van der Waals surface area contributed by atoms with Crippen LogP contribution in [0.25, 0.3) is 0 Å². The number of nitrogens with zero attached hydrogens (tertiary/aromatic N) is 1. The van der Waals surface area contributed by atoms with Gasteiger partial charge in [-0.15, -0.1) is 0 Å². The Hall–Kier alpha value is -2.09. The van der Waals surface area contributed by atoms with Crippen LogP contribution in [0, 0.1) is 0 Å². The Morgan fingerprint density at radius 2 is 1.90 bits per heavy atom. The molecule has 1 aromatic carbocycles. The van der Waals surface area contributed by atoms with Gasteiger partial charge < -0.3 is 15.3 Å². The number of hydrogen-bond donors (Lipinski definition) is 2. The van der Waals surface area contributed by atoms with Crippen molar-refractivity contribution in [2.45, 2.75) is 6.18 Å². The van der Waals surface area contributed by atoms with Crippen molar-refractivity contribution in [1.29, 1.82) is 0 Å². The highest BCUT2D eigenvalue weighted by Gasteiger charge is 2.31. The second-order valence-electron chi connectivity index (χ2n) is 4.35. The van der Waals surface area contributed by atoms with Crippen LogP contribution in [-0.4, -0.2) is 42.5 Å². The summed E-state index contributed by atoms with van der Waals surface area (Å²) in [7, 11) is 3.20. The van der Waals surface area contributed by atoms with E-state index in [0.29, 0.717) is 12.1 Å². The van der Waals surface area contributed by atoms with Crippen LogP contribution in [0.2, 0.25) is 0 Å². The fraction of sp³-hybridized carbons (Fsp3) is 0.333. The number of rotatable bonds is 4. The van der Waals surface area contributed by atoms with Crippen molar-refractivity contribution < 1.29 is 27.9 Å². The molecule has 0 fully saturated rings. The van der Waals surface area contributed by atoms with Crippen LogP contribution in [0.15, 0.2) is 18.2 Å². The summed E-state index contributed by atoms with van der Waals surface area (Å²) in [5.41, 5.74) is -1.80. The normalized spacial score (nSPS) is 11.5. The third-order valence-electron chi connectivity index (χ3n) is 2.31. The van der Waals surface area contributed by atoms with Crippen LogP contribution in [-0.2, 0) is 11.0 Å². The Morgan fingerprint density at radius 3 is 2.35 bits per heavy atom. The van der Waals surface area contributed by atoms with E-state index in [1.165, 1.54) is 4.90 Å². The number of nitrogens with one attached hydrogen (secondary N) is 1. The summed E-state index contributed by atoms with van der Waals surface area (Å²) < 4.78 is 37.7. The van der Waals surface area contributed by atoms with Gasteiger partial charge >= 0.3 is 12.1 Å². The summed E-state index contributed by atoms with van der Waals surface area (Å²) in [6.07, 6.45) is -4.61. The minimum Gasteiger partial charge on any atom is -0.478 e. The molecule has 0 atom stereocenters. The average Bonchev–Trinajstić information content (AvgIpc) is 2.25. The molecular weight excluding hydrogens is 277 g/mol. The molecule has 1 aromatic rings. The summed E-state index contributed by atoms with van der Waals surface area (Å²) >= 11 is 0. The van der Waals surface area contributed by atoms with Crippen LogP contribution >= 0.6 is 0 Å². The van der Waals surface area contributed by atoms with Gasteiger partial charge in [-0.3, -0.25) is 4.79 Å². The molecule has 0 saturated heterocycles. The molecule has 0 bridgehead atoms. The Bertz CT molecular complexity index is 527. The molecular formula is C12H13F3N2O3. The lowest BCUT2D eigenvalue weighted by atomic mass is 10.1. The van der Waals surface area contributed by atoms with Crippen molar-refractivity contribution in [2.24, 2.45) is 0 Å². The molecule has 5 nitrogen and oxygen atoms in total. The quantitative estimate of drug-likeness (QED) is 0.888. The van der Waals surface area contributed by atoms with Crippen molar-refractivity contribution in [3.8, 4) is 0 Å². The van der Waals surface area contributed by atoms with E-state index in [9.17, 15) is 22.8 Å². The molecule has 0 saturated carbocycles.